The molecule has 0 saturated heterocycles. The molecule has 0 aliphatic heterocycles. The molecule has 2 rings (SSSR count). The van der Waals surface area contributed by atoms with Gasteiger partial charge in [-0.15, -0.1) is 0 Å². The number of hydrogen-bond donors (Lipinski definition) is 1. The van der Waals surface area contributed by atoms with Gasteiger partial charge in [-0.3, -0.25) is 0 Å². The highest BCUT2D eigenvalue weighted by molar-refractivity contribution is 5.18. The van der Waals surface area contributed by atoms with E-state index in [0.717, 1.165) is 18.8 Å². The maximum absolute atomic E-state index is 8.65. The van der Waals surface area contributed by atoms with E-state index in [1.165, 1.54) is 51.4 Å². The molecule has 3 atom stereocenters. The van der Waals surface area contributed by atoms with Gasteiger partial charge in [0.15, 0.2) is 0 Å². The molecule has 2 aliphatic rings. The summed E-state index contributed by atoms with van der Waals surface area (Å²) in [6, 6.07) is 0. The molecular formula is C16H28O3. The molecule has 19 heavy (non-hydrogen) atoms. The fourth-order valence-electron chi connectivity index (χ4n) is 3.78. The van der Waals surface area contributed by atoms with Crippen LogP contribution in [0.5, 0.6) is 0 Å². The van der Waals surface area contributed by atoms with Crippen LogP contribution in [0.1, 0.15) is 71.1 Å². The van der Waals surface area contributed by atoms with Crippen LogP contribution in [0.15, 0.2) is 12.2 Å². The molecule has 1 N–H and O–H groups in total. The summed E-state index contributed by atoms with van der Waals surface area (Å²) in [4.78, 5) is 5.18. The van der Waals surface area contributed by atoms with Gasteiger partial charge in [-0.05, 0) is 31.6 Å². The van der Waals surface area contributed by atoms with Crippen molar-refractivity contribution >= 4 is 0 Å². The van der Waals surface area contributed by atoms with Gasteiger partial charge in [0, 0.05) is 5.41 Å². The third kappa shape index (κ3) is 3.80. The van der Waals surface area contributed by atoms with Gasteiger partial charge in [0.05, 0.1) is 0 Å². The van der Waals surface area contributed by atoms with Crippen molar-refractivity contribution in [3.05, 3.63) is 12.2 Å². The average Bonchev–Trinajstić information content (AvgIpc) is 3.03. The number of allylic oxidation sites excluding steroid dienone is 1. The van der Waals surface area contributed by atoms with Crippen LogP contribution in [0.4, 0.5) is 0 Å². The first kappa shape index (κ1) is 15.0. The summed E-state index contributed by atoms with van der Waals surface area (Å²) >= 11 is 0. The quantitative estimate of drug-likeness (QED) is 0.265. The number of hydrogen-bond acceptors (Lipinski definition) is 3. The highest BCUT2D eigenvalue weighted by Crippen LogP contribution is 2.53. The minimum Gasteiger partial charge on any atom is -0.221 e. The number of unbranched alkanes of at least 4 members (excludes halogenated alkanes) is 5. The third-order valence-corrected chi connectivity index (χ3v) is 4.94. The molecule has 0 aromatic heterocycles. The van der Waals surface area contributed by atoms with E-state index in [4.69, 9.17) is 10.1 Å². The Morgan fingerprint density at radius 2 is 2.05 bits per heavy atom. The van der Waals surface area contributed by atoms with Crippen LogP contribution in [0.3, 0.4) is 0 Å². The predicted octanol–water partition coefficient (Wildman–Crippen LogP) is 4.88. The van der Waals surface area contributed by atoms with Crippen molar-refractivity contribution in [1.82, 2.24) is 0 Å². The first-order valence-electron chi connectivity index (χ1n) is 7.97. The van der Waals surface area contributed by atoms with Crippen molar-refractivity contribution in [3.8, 4) is 0 Å². The van der Waals surface area contributed by atoms with E-state index >= 15 is 0 Å². The molecule has 0 heterocycles. The van der Waals surface area contributed by atoms with E-state index < -0.39 is 0 Å². The van der Waals surface area contributed by atoms with Crippen LogP contribution in [-0.2, 0) is 9.93 Å². The minimum absolute atomic E-state index is 0.0208. The Hall–Kier alpha value is -0.380. The smallest absolute Gasteiger partial charge is 0.105 e. The first-order valence-corrected chi connectivity index (χ1v) is 7.97. The Balaban J connectivity index is 1.72. The third-order valence-electron chi connectivity index (χ3n) is 4.94. The van der Waals surface area contributed by atoms with Crippen molar-refractivity contribution in [2.75, 3.05) is 0 Å². The van der Waals surface area contributed by atoms with Crippen LogP contribution in [0.25, 0.3) is 0 Å². The molecule has 0 radical (unpaired) electrons. The molecule has 0 aromatic carbocycles. The molecule has 1 saturated carbocycles. The molecule has 1 fully saturated rings. The van der Waals surface area contributed by atoms with Gasteiger partial charge in [0.1, 0.15) is 6.10 Å². The summed E-state index contributed by atoms with van der Waals surface area (Å²) in [5, 5.41) is 12.7. The van der Waals surface area contributed by atoms with Crippen molar-refractivity contribution < 1.29 is 15.2 Å². The fraction of sp³-hybridized carbons (Fsp3) is 0.875. The van der Waals surface area contributed by atoms with Gasteiger partial charge in [-0.2, -0.15) is 0 Å². The average molecular weight is 268 g/mol. The Morgan fingerprint density at radius 3 is 2.63 bits per heavy atom. The first-order chi connectivity index (χ1) is 9.30. The second-order valence-corrected chi connectivity index (χ2v) is 6.31. The highest BCUT2D eigenvalue weighted by Gasteiger charge is 2.47. The van der Waals surface area contributed by atoms with E-state index in [-0.39, 0.29) is 11.5 Å². The Morgan fingerprint density at radius 1 is 1.26 bits per heavy atom. The predicted molar refractivity (Wildman–Crippen MR) is 75.5 cm³/mol. The lowest BCUT2D eigenvalue weighted by molar-refractivity contribution is -0.513. The Kier molecular flexibility index (Phi) is 5.86. The summed E-state index contributed by atoms with van der Waals surface area (Å²) in [6.45, 7) is 2.24. The maximum Gasteiger partial charge on any atom is 0.105 e. The van der Waals surface area contributed by atoms with Crippen LogP contribution >= 0.6 is 0 Å². The molecule has 2 bridgehead atoms. The van der Waals surface area contributed by atoms with Crippen molar-refractivity contribution in [1.29, 1.82) is 0 Å². The summed E-state index contributed by atoms with van der Waals surface area (Å²) in [5.41, 5.74) is 0.136. The maximum atomic E-state index is 8.65. The van der Waals surface area contributed by atoms with E-state index in [1.807, 2.05) is 0 Å². The van der Waals surface area contributed by atoms with Crippen molar-refractivity contribution in [3.63, 3.8) is 0 Å². The van der Waals surface area contributed by atoms with Gasteiger partial charge in [0.25, 0.3) is 0 Å². The normalized spacial score (nSPS) is 30.1. The zero-order chi connectivity index (χ0) is 13.6. The molecule has 3 unspecified atom stereocenters. The van der Waals surface area contributed by atoms with Gasteiger partial charge in [-0.25, -0.2) is 10.1 Å². The molecule has 0 amide bonds. The molecule has 3 nitrogen and oxygen atoms in total. The monoisotopic (exact) mass is 268 g/mol. The van der Waals surface area contributed by atoms with Crippen LogP contribution in [0.2, 0.25) is 0 Å². The topological polar surface area (TPSA) is 38.7 Å². The van der Waals surface area contributed by atoms with E-state index in [1.54, 1.807) is 0 Å². The zero-order valence-electron chi connectivity index (χ0n) is 12.1. The standard InChI is InChI=1S/C16H28O3/c1-2-3-4-5-6-7-8-15(18-19-17)16-11-9-14(13-16)10-12-16/h9,11,14-15,17H,2-8,10,12-13H2,1H3. The van der Waals surface area contributed by atoms with Crippen LogP contribution < -0.4 is 0 Å². The summed E-state index contributed by atoms with van der Waals surface area (Å²) in [5.74, 6) is 0.731. The number of rotatable bonds is 10. The van der Waals surface area contributed by atoms with Crippen molar-refractivity contribution in [2.24, 2.45) is 11.3 Å². The molecule has 3 heteroatoms. The largest absolute Gasteiger partial charge is 0.221 e. The second kappa shape index (κ2) is 7.41. The summed E-state index contributed by atoms with van der Waals surface area (Å²) < 4.78 is 0. The lowest BCUT2D eigenvalue weighted by Gasteiger charge is -2.31. The van der Waals surface area contributed by atoms with Gasteiger partial charge >= 0.3 is 0 Å². The minimum atomic E-state index is 0.0208. The number of fused-ring (bicyclic) bond motifs is 2. The van der Waals surface area contributed by atoms with Crippen LogP contribution in [0, 0.1) is 11.3 Å². The summed E-state index contributed by atoms with van der Waals surface area (Å²) in [6.07, 6.45) is 17.0. The Labute approximate surface area is 116 Å². The Bertz CT molecular complexity index is 290. The molecule has 110 valence electrons. The molecular weight excluding hydrogens is 240 g/mol. The lowest BCUT2D eigenvalue weighted by Crippen LogP contribution is -2.32. The molecule has 2 aliphatic carbocycles. The summed E-state index contributed by atoms with van der Waals surface area (Å²) in [7, 11) is 0. The van der Waals surface area contributed by atoms with Crippen LogP contribution in [-0.4, -0.2) is 11.4 Å². The second-order valence-electron chi connectivity index (χ2n) is 6.31. The van der Waals surface area contributed by atoms with E-state index in [9.17, 15) is 0 Å². The molecule has 0 spiro atoms. The van der Waals surface area contributed by atoms with Crippen molar-refractivity contribution in [2.45, 2.75) is 77.2 Å². The SMILES string of the molecule is CCCCCCCCC(OOO)C12C=CC(CC1)C2. The van der Waals surface area contributed by atoms with E-state index in [2.05, 4.69) is 24.1 Å². The fourth-order valence-corrected chi connectivity index (χ4v) is 3.78. The van der Waals surface area contributed by atoms with E-state index in [0.29, 0.717) is 0 Å². The van der Waals surface area contributed by atoms with Gasteiger partial charge in [0.2, 0.25) is 0 Å². The van der Waals surface area contributed by atoms with Gasteiger partial charge in [-0.1, -0.05) is 62.6 Å². The zero-order valence-corrected chi connectivity index (χ0v) is 12.1. The highest BCUT2D eigenvalue weighted by atomic mass is 17.5. The van der Waals surface area contributed by atoms with Gasteiger partial charge < -0.3 is 0 Å². The lowest BCUT2D eigenvalue weighted by atomic mass is 9.79. The molecule has 0 aromatic rings.